The molecule has 25 heavy (non-hydrogen) atoms. The van der Waals surface area contributed by atoms with E-state index in [2.05, 4.69) is 25.3 Å². The molecule has 0 fully saturated rings. The lowest BCUT2D eigenvalue weighted by molar-refractivity contribution is 0.319. The van der Waals surface area contributed by atoms with Gasteiger partial charge in [0.05, 0.1) is 11.3 Å². The van der Waals surface area contributed by atoms with Crippen LogP contribution >= 0.6 is 11.8 Å². The van der Waals surface area contributed by atoms with Gasteiger partial charge in [0.25, 0.3) is 11.1 Å². The van der Waals surface area contributed by atoms with Gasteiger partial charge in [-0.1, -0.05) is 55.9 Å². The molecule has 0 aliphatic heterocycles. The predicted octanol–water partition coefficient (Wildman–Crippen LogP) is 4.19. The average molecular weight is 355 g/mol. The zero-order valence-corrected chi connectivity index (χ0v) is 14.9. The van der Waals surface area contributed by atoms with E-state index < -0.39 is 0 Å². The minimum Gasteiger partial charge on any atom is -0.411 e. The lowest BCUT2D eigenvalue weighted by atomic mass is 9.97. The molecule has 0 aliphatic carbocycles. The SMILES string of the molecule is CC(C)(C)c1nc(CSc2nnc(-c3c[nH]c4ccccc34)o2)no1. The Morgan fingerprint density at radius 1 is 1.16 bits per heavy atom. The average Bonchev–Trinajstić information content (AvgIpc) is 3.30. The first-order valence-corrected chi connectivity index (χ1v) is 8.85. The summed E-state index contributed by atoms with van der Waals surface area (Å²) in [6.45, 7) is 6.09. The number of benzene rings is 1. The minimum atomic E-state index is -0.164. The van der Waals surface area contributed by atoms with Crippen molar-refractivity contribution in [2.45, 2.75) is 37.2 Å². The van der Waals surface area contributed by atoms with Crippen LogP contribution in [0.1, 0.15) is 32.5 Å². The molecule has 1 aromatic carbocycles. The summed E-state index contributed by atoms with van der Waals surface area (Å²) in [5.41, 5.74) is 1.76. The van der Waals surface area contributed by atoms with E-state index in [0.717, 1.165) is 16.5 Å². The summed E-state index contributed by atoms with van der Waals surface area (Å²) >= 11 is 1.39. The van der Waals surface area contributed by atoms with Crippen molar-refractivity contribution in [3.63, 3.8) is 0 Å². The molecule has 0 aliphatic rings. The Bertz CT molecular complexity index is 1010. The maximum atomic E-state index is 5.77. The standard InChI is InChI=1S/C17H17N5O2S/c1-17(2,3)15-19-13(22-24-15)9-25-16-21-20-14(23-16)11-8-18-12-7-5-4-6-10(11)12/h4-8,18H,9H2,1-3H3. The molecule has 0 radical (unpaired) electrons. The lowest BCUT2D eigenvalue weighted by Crippen LogP contribution is -2.11. The van der Waals surface area contributed by atoms with E-state index in [1.165, 1.54) is 11.8 Å². The number of H-pyrrole nitrogens is 1. The molecule has 0 saturated heterocycles. The summed E-state index contributed by atoms with van der Waals surface area (Å²) in [6.07, 6.45) is 1.88. The van der Waals surface area contributed by atoms with Crippen LogP contribution in [0.15, 0.2) is 44.6 Å². The van der Waals surface area contributed by atoms with Crippen molar-refractivity contribution in [3.8, 4) is 11.5 Å². The van der Waals surface area contributed by atoms with E-state index in [-0.39, 0.29) is 5.41 Å². The molecular weight excluding hydrogens is 338 g/mol. The van der Waals surface area contributed by atoms with Crippen LogP contribution < -0.4 is 0 Å². The fraction of sp³-hybridized carbons (Fsp3) is 0.294. The monoisotopic (exact) mass is 355 g/mol. The van der Waals surface area contributed by atoms with Gasteiger partial charge >= 0.3 is 0 Å². The maximum Gasteiger partial charge on any atom is 0.277 e. The fourth-order valence-corrected chi connectivity index (χ4v) is 2.98. The Morgan fingerprint density at radius 2 is 2.00 bits per heavy atom. The van der Waals surface area contributed by atoms with Gasteiger partial charge in [0.1, 0.15) is 0 Å². The number of hydrogen-bond acceptors (Lipinski definition) is 7. The van der Waals surface area contributed by atoms with Crippen LogP contribution in [0.25, 0.3) is 22.4 Å². The normalized spacial score (nSPS) is 12.1. The summed E-state index contributed by atoms with van der Waals surface area (Å²) in [5, 5.41) is 13.8. The van der Waals surface area contributed by atoms with E-state index in [0.29, 0.717) is 28.6 Å². The highest BCUT2D eigenvalue weighted by Crippen LogP contribution is 2.30. The van der Waals surface area contributed by atoms with Gasteiger partial charge in [-0.15, -0.1) is 10.2 Å². The van der Waals surface area contributed by atoms with Gasteiger partial charge in [0.15, 0.2) is 5.82 Å². The highest BCUT2D eigenvalue weighted by Gasteiger charge is 2.22. The number of hydrogen-bond donors (Lipinski definition) is 1. The molecule has 0 saturated carbocycles. The smallest absolute Gasteiger partial charge is 0.277 e. The summed E-state index contributed by atoms with van der Waals surface area (Å²) in [5.74, 6) is 2.23. The van der Waals surface area contributed by atoms with Gasteiger partial charge in [0.2, 0.25) is 5.89 Å². The summed E-state index contributed by atoms with van der Waals surface area (Å²) in [7, 11) is 0. The first kappa shape index (κ1) is 15.9. The van der Waals surface area contributed by atoms with Crippen LogP contribution in [0, 0.1) is 0 Å². The molecule has 8 heteroatoms. The van der Waals surface area contributed by atoms with E-state index in [1.807, 2.05) is 51.2 Å². The van der Waals surface area contributed by atoms with Gasteiger partial charge in [-0.05, 0) is 6.07 Å². The van der Waals surface area contributed by atoms with Gasteiger partial charge in [-0.25, -0.2) is 0 Å². The van der Waals surface area contributed by atoms with Crippen molar-refractivity contribution in [1.82, 2.24) is 25.3 Å². The Morgan fingerprint density at radius 3 is 2.80 bits per heavy atom. The largest absolute Gasteiger partial charge is 0.411 e. The third kappa shape index (κ3) is 3.17. The quantitative estimate of drug-likeness (QED) is 0.548. The van der Waals surface area contributed by atoms with Crippen molar-refractivity contribution < 1.29 is 8.94 Å². The van der Waals surface area contributed by atoms with Crippen LogP contribution in [-0.2, 0) is 11.2 Å². The van der Waals surface area contributed by atoms with Gasteiger partial charge in [-0.2, -0.15) is 4.98 Å². The van der Waals surface area contributed by atoms with Gasteiger partial charge < -0.3 is 13.9 Å². The summed E-state index contributed by atoms with van der Waals surface area (Å²) < 4.78 is 11.1. The zero-order valence-electron chi connectivity index (χ0n) is 14.1. The number of aromatic nitrogens is 5. The molecule has 0 spiro atoms. The molecule has 0 bridgehead atoms. The van der Waals surface area contributed by atoms with E-state index >= 15 is 0 Å². The van der Waals surface area contributed by atoms with Crippen molar-refractivity contribution in [2.75, 3.05) is 0 Å². The third-order valence-electron chi connectivity index (χ3n) is 3.66. The van der Waals surface area contributed by atoms with Crippen molar-refractivity contribution in [2.24, 2.45) is 0 Å². The molecule has 0 amide bonds. The van der Waals surface area contributed by atoms with Crippen LogP contribution in [-0.4, -0.2) is 25.3 Å². The third-order valence-corrected chi connectivity index (χ3v) is 4.48. The number of para-hydroxylation sites is 1. The molecule has 3 heterocycles. The second-order valence-electron chi connectivity index (χ2n) is 6.68. The molecule has 7 nitrogen and oxygen atoms in total. The Kier molecular flexibility index (Phi) is 3.84. The topological polar surface area (TPSA) is 93.6 Å². The summed E-state index contributed by atoms with van der Waals surface area (Å²) in [4.78, 5) is 7.60. The highest BCUT2D eigenvalue weighted by molar-refractivity contribution is 7.98. The molecule has 4 aromatic rings. The van der Waals surface area contributed by atoms with E-state index in [4.69, 9.17) is 8.94 Å². The Hall–Kier alpha value is -2.61. The van der Waals surface area contributed by atoms with Crippen LogP contribution in [0.3, 0.4) is 0 Å². The number of nitrogens with zero attached hydrogens (tertiary/aromatic N) is 4. The molecule has 0 unspecified atom stereocenters. The Labute approximate surface area is 148 Å². The summed E-state index contributed by atoms with van der Waals surface area (Å²) in [6, 6.07) is 7.99. The van der Waals surface area contributed by atoms with E-state index in [1.54, 1.807) is 0 Å². The Balaban J connectivity index is 1.49. The van der Waals surface area contributed by atoms with Gasteiger partial charge in [-0.3, -0.25) is 0 Å². The van der Waals surface area contributed by atoms with Crippen molar-refractivity contribution in [1.29, 1.82) is 0 Å². The molecule has 4 rings (SSSR count). The first-order chi connectivity index (χ1) is 12.0. The van der Waals surface area contributed by atoms with Crippen LogP contribution in [0.5, 0.6) is 0 Å². The fourth-order valence-electron chi connectivity index (χ4n) is 2.37. The lowest BCUT2D eigenvalue weighted by Gasteiger charge is -2.10. The number of nitrogens with one attached hydrogen (secondary N) is 1. The first-order valence-electron chi connectivity index (χ1n) is 7.86. The van der Waals surface area contributed by atoms with Crippen LogP contribution in [0.4, 0.5) is 0 Å². The molecule has 3 aromatic heterocycles. The van der Waals surface area contributed by atoms with Crippen LogP contribution in [0.2, 0.25) is 0 Å². The minimum absolute atomic E-state index is 0.164. The molecule has 128 valence electrons. The second kappa shape index (κ2) is 6.03. The molecular formula is C17H17N5O2S. The zero-order chi connectivity index (χ0) is 17.4. The number of rotatable bonds is 4. The maximum absolute atomic E-state index is 5.77. The number of aromatic amines is 1. The van der Waals surface area contributed by atoms with Crippen molar-refractivity contribution in [3.05, 3.63) is 42.2 Å². The van der Waals surface area contributed by atoms with Gasteiger partial charge in [0, 0.05) is 22.5 Å². The number of thioether (sulfide) groups is 1. The second-order valence-corrected chi connectivity index (χ2v) is 7.60. The predicted molar refractivity (Wildman–Crippen MR) is 94.1 cm³/mol. The number of fused-ring (bicyclic) bond motifs is 1. The van der Waals surface area contributed by atoms with Crippen molar-refractivity contribution >= 4 is 22.7 Å². The highest BCUT2D eigenvalue weighted by atomic mass is 32.2. The molecule has 0 atom stereocenters. The molecule has 1 N–H and O–H groups in total. The van der Waals surface area contributed by atoms with E-state index in [9.17, 15) is 0 Å².